The molecule has 5 nitrogen and oxygen atoms in total. The zero-order chi connectivity index (χ0) is 19.1. The number of benzene rings is 2. The first-order valence-electron chi connectivity index (χ1n) is 9.14. The molecular weight excluding hydrogens is 336 g/mol. The lowest BCUT2D eigenvalue weighted by Gasteiger charge is -2.10. The number of hydrogen-bond acceptors (Lipinski definition) is 5. The van der Waals surface area contributed by atoms with E-state index in [4.69, 9.17) is 4.74 Å². The van der Waals surface area contributed by atoms with E-state index in [9.17, 15) is 0 Å². The van der Waals surface area contributed by atoms with Crippen molar-refractivity contribution in [3.05, 3.63) is 77.0 Å². The maximum Gasteiger partial charge on any atom is 0.224 e. The predicted molar refractivity (Wildman–Crippen MR) is 110 cm³/mol. The van der Waals surface area contributed by atoms with Crippen molar-refractivity contribution in [2.24, 2.45) is 0 Å². The third kappa shape index (κ3) is 5.71. The van der Waals surface area contributed by atoms with E-state index in [0.717, 1.165) is 36.8 Å². The van der Waals surface area contributed by atoms with Gasteiger partial charge in [0.1, 0.15) is 11.6 Å². The highest BCUT2D eigenvalue weighted by atomic mass is 16.5. The van der Waals surface area contributed by atoms with E-state index in [-0.39, 0.29) is 0 Å². The normalized spacial score (nSPS) is 10.5. The van der Waals surface area contributed by atoms with E-state index >= 15 is 0 Å². The van der Waals surface area contributed by atoms with Crippen LogP contribution in [0, 0.1) is 13.8 Å². The molecule has 0 atom stereocenters. The quantitative estimate of drug-likeness (QED) is 0.623. The van der Waals surface area contributed by atoms with Crippen LogP contribution in [0.15, 0.2) is 54.6 Å². The number of methoxy groups -OCH3 is 1. The Morgan fingerprint density at radius 3 is 2.26 bits per heavy atom. The Morgan fingerprint density at radius 1 is 0.852 bits per heavy atom. The molecule has 5 heteroatoms. The zero-order valence-corrected chi connectivity index (χ0v) is 16.1. The standard InChI is InChI=1S/C22H26N4O/c1-16-4-6-19(7-5-16)15-24-21-14-17(2)25-22(26-21)23-13-12-18-8-10-20(27-3)11-9-18/h4-11,14H,12-13,15H2,1-3H3,(H2,23,24,25,26). The first kappa shape index (κ1) is 18.7. The molecule has 27 heavy (non-hydrogen) atoms. The van der Waals surface area contributed by atoms with Gasteiger partial charge in [-0.2, -0.15) is 4.98 Å². The van der Waals surface area contributed by atoms with Crippen LogP contribution in [0.2, 0.25) is 0 Å². The van der Waals surface area contributed by atoms with Crippen LogP contribution < -0.4 is 15.4 Å². The topological polar surface area (TPSA) is 59.1 Å². The molecule has 0 aliphatic heterocycles. The summed E-state index contributed by atoms with van der Waals surface area (Å²) in [4.78, 5) is 9.05. The van der Waals surface area contributed by atoms with E-state index in [1.165, 1.54) is 16.7 Å². The summed E-state index contributed by atoms with van der Waals surface area (Å²) in [6.07, 6.45) is 0.896. The summed E-state index contributed by atoms with van der Waals surface area (Å²) in [6, 6.07) is 18.6. The summed E-state index contributed by atoms with van der Waals surface area (Å²) >= 11 is 0. The molecular formula is C22H26N4O. The smallest absolute Gasteiger partial charge is 0.224 e. The zero-order valence-electron chi connectivity index (χ0n) is 16.1. The van der Waals surface area contributed by atoms with Gasteiger partial charge >= 0.3 is 0 Å². The van der Waals surface area contributed by atoms with Gasteiger partial charge in [-0.25, -0.2) is 4.98 Å². The first-order valence-corrected chi connectivity index (χ1v) is 9.14. The molecule has 0 bridgehead atoms. The number of rotatable bonds is 8. The van der Waals surface area contributed by atoms with E-state index in [1.807, 2.05) is 25.1 Å². The van der Waals surface area contributed by atoms with Crippen LogP contribution in [-0.4, -0.2) is 23.6 Å². The Balaban J connectivity index is 1.55. The summed E-state index contributed by atoms with van der Waals surface area (Å²) in [5.74, 6) is 2.35. The van der Waals surface area contributed by atoms with Crippen LogP contribution in [0.25, 0.3) is 0 Å². The molecule has 3 aromatic rings. The molecule has 3 rings (SSSR count). The third-order valence-electron chi connectivity index (χ3n) is 4.30. The van der Waals surface area contributed by atoms with Crippen LogP contribution in [0.3, 0.4) is 0 Å². The lowest BCUT2D eigenvalue weighted by atomic mass is 10.1. The molecule has 0 aliphatic carbocycles. The van der Waals surface area contributed by atoms with Crippen molar-refractivity contribution < 1.29 is 4.74 Å². The van der Waals surface area contributed by atoms with Gasteiger partial charge in [-0.05, 0) is 43.5 Å². The Labute approximate surface area is 160 Å². The molecule has 1 heterocycles. The summed E-state index contributed by atoms with van der Waals surface area (Å²) in [7, 11) is 1.68. The minimum absolute atomic E-state index is 0.648. The van der Waals surface area contributed by atoms with Gasteiger partial charge in [-0.3, -0.25) is 0 Å². The number of nitrogens with one attached hydrogen (secondary N) is 2. The maximum atomic E-state index is 5.19. The number of aryl methyl sites for hydroxylation is 2. The fourth-order valence-electron chi connectivity index (χ4n) is 2.75. The van der Waals surface area contributed by atoms with Gasteiger partial charge < -0.3 is 15.4 Å². The molecule has 0 saturated carbocycles. The van der Waals surface area contributed by atoms with E-state index in [2.05, 4.69) is 63.9 Å². The third-order valence-corrected chi connectivity index (χ3v) is 4.30. The monoisotopic (exact) mass is 362 g/mol. The van der Waals surface area contributed by atoms with Crippen LogP contribution in [0.1, 0.15) is 22.4 Å². The fraction of sp³-hybridized carbons (Fsp3) is 0.273. The second-order valence-electron chi connectivity index (χ2n) is 6.58. The Morgan fingerprint density at radius 2 is 1.56 bits per heavy atom. The van der Waals surface area contributed by atoms with Crippen molar-refractivity contribution in [3.63, 3.8) is 0 Å². The maximum absolute atomic E-state index is 5.19. The highest BCUT2D eigenvalue weighted by Gasteiger charge is 2.03. The van der Waals surface area contributed by atoms with Crippen molar-refractivity contribution in [1.82, 2.24) is 9.97 Å². The lowest BCUT2D eigenvalue weighted by Crippen LogP contribution is -2.10. The number of aromatic nitrogens is 2. The molecule has 2 aromatic carbocycles. The highest BCUT2D eigenvalue weighted by molar-refractivity contribution is 5.43. The van der Waals surface area contributed by atoms with Gasteiger partial charge in [0.2, 0.25) is 5.95 Å². The number of anilines is 2. The van der Waals surface area contributed by atoms with Gasteiger partial charge in [0, 0.05) is 24.8 Å². The molecule has 0 saturated heterocycles. The van der Waals surface area contributed by atoms with Crippen molar-refractivity contribution >= 4 is 11.8 Å². The molecule has 1 aromatic heterocycles. The summed E-state index contributed by atoms with van der Waals surface area (Å²) in [6.45, 7) is 5.58. The van der Waals surface area contributed by atoms with Crippen molar-refractivity contribution in [3.8, 4) is 5.75 Å². The van der Waals surface area contributed by atoms with Gasteiger partial charge in [-0.15, -0.1) is 0 Å². The molecule has 0 radical (unpaired) electrons. The molecule has 0 fully saturated rings. The van der Waals surface area contributed by atoms with Gasteiger partial charge in [0.15, 0.2) is 0 Å². The molecule has 140 valence electrons. The van der Waals surface area contributed by atoms with Gasteiger partial charge in [0.05, 0.1) is 7.11 Å². The summed E-state index contributed by atoms with van der Waals surface area (Å²) < 4.78 is 5.19. The Kier molecular flexibility index (Phi) is 6.26. The van der Waals surface area contributed by atoms with Crippen molar-refractivity contribution in [2.45, 2.75) is 26.8 Å². The van der Waals surface area contributed by atoms with Crippen LogP contribution >= 0.6 is 0 Å². The predicted octanol–water partition coefficient (Wildman–Crippen LogP) is 4.37. The number of ether oxygens (including phenoxy) is 1. The van der Waals surface area contributed by atoms with Crippen LogP contribution in [0.5, 0.6) is 5.75 Å². The Bertz CT molecular complexity index is 860. The SMILES string of the molecule is COc1ccc(CCNc2nc(C)cc(NCc3ccc(C)cc3)n2)cc1. The molecule has 0 amide bonds. The molecule has 0 unspecified atom stereocenters. The number of hydrogen-bond donors (Lipinski definition) is 2. The number of nitrogens with zero attached hydrogens (tertiary/aromatic N) is 2. The first-order chi connectivity index (χ1) is 13.1. The van der Waals surface area contributed by atoms with Crippen molar-refractivity contribution in [2.75, 3.05) is 24.3 Å². The fourth-order valence-corrected chi connectivity index (χ4v) is 2.75. The molecule has 0 aliphatic rings. The minimum Gasteiger partial charge on any atom is -0.497 e. The molecule has 2 N–H and O–H groups in total. The lowest BCUT2D eigenvalue weighted by molar-refractivity contribution is 0.414. The average molecular weight is 362 g/mol. The second-order valence-corrected chi connectivity index (χ2v) is 6.58. The summed E-state index contributed by atoms with van der Waals surface area (Å²) in [5, 5.41) is 6.69. The molecule has 0 spiro atoms. The largest absolute Gasteiger partial charge is 0.497 e. The average Bonchev–Trinajstić information content (AvgIpc) is 2.68. The second kappa shape index (κ2) is 9.03. The minimum atomic E-state index is 0.648. The highest BCUT2D eigenvalue weighted by Crippen LogP contribution is 2.14. The van der Waals surface area contributed by atoms with Gasteiger partial charge in [-0.1, -0.05) is 42.0 Å². The summed E-state index contributed by atoms with van der Waals surface area (Å²) in [5.41, 5.74) is 4.67. The van der Waals surface area contributed by atoms with Crippen LogP contribution in [-0.2, 0) is 13.0 Å². The van der Waals surface area contributed by atoms with Crippen LogP contribution in [0.4, 0.5) is 11.8 Å². The van der Waals surface area contributed by atoms with E-state index < -0.39 is 0 Å². The Hall–Kier alpha value is -3.08. The van der Waals surface area contributed by atoms with E-state index in [1.54, 1.807) is 7.11 Å². The van der Waals surface area contributed by atoms with E-state index in [0.29, 0.717) is 5.95 Å². The van der Waals surface area contributed by atoms with Crippen molar-refractivity contribution in [1.29, 1.82) is 0 Å². The van der Waals surface area contributed by atoms with Gasteiger partial charge in [0.25, 0.3) is 0 Å².